The third kappa shape index (κ3) is 3.22. The Kier molecular flexibility index (Phi) is 4.46. The molecule has 1 amide bonds. The van der Waals surface area contributed by atoms with E-state index >= 15 is 0 Å². The Morgan fingerprint density at radius 3 is 2.92 bits per heavy atom. The number of carbonyl (C=O) groups is 1. The highest BCUT2D eigenvalue weighted by Crippen LogP contribution is 2.35. The third-order valence-corrected chi connectivity index (χ3v) is 5.08. The van der Waals surface area contributed by atoms with Crippen LogP contribution in [0.25, 0.3) is 11.6 Å². The van der Waals surface area contributed by atoms with Gasteiger partial charge < -0.3 is 20.3 Å². The van der Waals surface area contributed by atoms with Crippen molar-refractivity contribution in [2.75, 3.05) is 31.6 Å². The zero-order chi connectivity index (χ0) is 18.1. The predicted octanol–water partition coefficient (Wildman–Crippen LogP) is 2.76. The second kappa shape index (κ2) is 6.92. The maximum absolute atomic E-state index is 12.4. The highest BCUT2D eigenvalue weighted by molar-refractivity contribution is 6.34. The van der Waals surface area contributed by atoms with E-state index in [0.717, 1.165) is 37.4 Å². The van der Waals surface area contributed by atoms with Crippen molar-refractivity contribution in [1.82, 2.24) is 14.9 Å². The molecule has 2 aliphatic heterocycles. The summed E-state index contributed by atoms with van der Waals surface area (Å²) in [4.78, 5) is 22.1. The first-order valence-corrected chi connectivity index (χ1v) is 8.83. The van der Waals surface area contributed by atoms with Crippen molar-refractivity contribution in [3.63, 3.8) is 0 Å². The van der Waals surface area contributed by atoms with Gasteiger partial charge in [0.15, 0.2) is 0 Å². The van der Waals surface area contributed by atoms with Gasteiger partial charge in [-0.2, -0.15) is 0 Å². The first-order valence-electron chi connectivity index (χ1n) is 8.83. The van der Waals surface area contributed by atoms with E-state index in [-0.39, 0.29) is 18.3 Å². The van der Waals surface area contributed by atoms with Gasteiger partial charge in [0.1, 0.15) is 18.2 Å². The number of H-pyrrole nitrogens is 1. The average molecular weight is 356 g/mol. The van der Waals surface area contributed by atoms with E-state index in [0.29, 0.717) is 29.3 Å². The number of halogens is 1. The molecule has 4 rings (SSSR count). The first kappa shape index (κ1) is 16.8. The standard InChI is InChI=1S/C19H21FN4O2/c20-5-8-24-6-3-12(4-7-24)18-21-11-13(22-18)9-16-15-10-14(25)1-2-17(15)23-19(16)26/h1-2,9-12,25H,3-8H2,(H,21,22)(H,23,26). The molecule has 0 bridgehead atoms. The van der Waals surface area contributed by atoms with Crippen LogP contribution in [0.3, 0.4) is 0 Å². The molecule has 0 spiro atoms. The topological polar surface area (TPSA) is 81.2 Å². The van der Waals surface area contributed by atoms with E-state index in [1.807, 2.05) is 0 Å². The minimum absolute atomic E-state index is 0.122. The molecule has 0 unspecified atom stereocenters. The number of aromatic amines is 1. The van der Waals surface area contributed by atoms with Gasteiger partial charge in [0.2, 0.25) is 0 Å². The predicted molar refractivity (Wildman–Crippen MR) is 97.6 cm³/mol. The molecule has 1 saturated heterocycles. The summed E-state index contributed by atoms with van der Waals surface area (Å²) in [5.74, 6) is 1.16. The summed E-state index contributed by atoms with van der Waals surface area (Å²) >= 11 is 0. The lowest BCUT2D eigenvalue weighted by Crippen LogP contribution is -2.34. The molecule has 1 aromatic carbocycles. The number of alkyl halides is 1. The fraction of sp³-hybridized carbons (Fsp3) is 0.368. The molecule has 3 heterocycles. The number of amides is 1. The van der Waals surface area contributed by atoms with Gasteiger partial charge in [-0.05, 0) is 50.2 Å². The van der Waals surface area contributed by atoms with Gasteiger partial charge in [0.05, 0.1) is 17.5 Å². The fourth-order valence-corrected chi connectivity index (χ4v) is 3.66. The second-order valence-corrected chi connectivity index (χ2v) is 6.77. The van der Waals surface area contributed by atoms with Crippen molar-refractivity contribution >= 4 is 23.2 Å². The molecular formula is C19H21FN4O2. The highest BCUT2D eigenvalue weighted by atomic mass is 19.1. The number of piperidine rings is 1. The summed E-state index contributed by atoms with van der Waals surface area (Å²) < 4.78 is 12.4. The Morgan fingerprint density at radius 2 is 2.15 bits per heavy atom. The van der Waals surface area contributed by atoms with E-state index in [2.05, 4.69) is 20.2 Å². The number of nitrogens with zero attached hydrogens (tertiary/aromatic N) is 2. The molecule has 2 aromatic rings. The second-order valence-electron chi connectivity index (χ2n) is 6.77. The average Bonchev–Trinajstić information content (AvgIpc) is 3.22. The number of likely N-dealkylation sites (tertiary alicyclic amines) is 1. The van der Waals surface area contributed by atoms with E-state index in [4.69, 9.17) is 0 Å². The molecular weight excluding hydrogens is 335 g/mol. The molecule has 26 heavy (non-hydrogen) atoms. The van der Waals surface area contributed by atoms with Gasteiger partial charge in [-0.15, -0.1) is 0 Å². The van der Waals surface area contributed by atoms with Crippen LogP contribution in [0.1, 0.15) is 35.8 Å². The number of imidazole rings is 1. The Bertz CT molecular complexity index is 853. The van der Waals surface area contributed by atoms with Gasteiger partial charge in [0, 0.05) is 23.7 Å². The number of aromatic hydroxyl groups is 1. The van der Waals surface area contributed by atoms with Gasteiger partial charge in [-0.25, -0.2) is 9.37 Å². The SMILES string of the molecule is O=C1Nc2ccc(O)cc2C1=Cc1cnc(C2CCN(CCF)CC2)[nH]1. The van der Waals surface area contributed by atoms with Crippen LogP contribution in [0.15, 0.2) is 24.4 Å². The van der Waals surface area contributed by atoms with Crippen molar-refractivity contribution < 1.29 is 14.3 Å². The number of carbonyl (C=O) groups excluding carboxylic acids is 1. The number of rotatable bonds is 4. The van der Waals surface area contributed by atoms with Crippen LogP contribution in [0.2, 0.25) is 0 Å². The number of aromatic nitrogens is 2. The van der Waals surface area contributed by atoms with Crippen molar-refractivity contribution in [3.8, 4) is 5.75 Å². The minimum atomic E-state index is -0.303. The zero-order valence-electron chi connectivity index (χ0n) is 14.3. The number of phenols is 1. The number of nitrogens with one attached hydrogen (secondary N) is 2. The molecule has 0 atom stereocenters. The normalized spacial score (nSPS) is 19.7. The highest BCUT2D eigenvalue weighted by Gasteiger charge is 2.26. The summed E-state index contributed by atoms with van der Waals surface area (Å²) in [5, 5.41) is 12.5. The molecule has 3 N–H and O–H groups in total. The van der Waals surface area contributed by atoms with Crippen LogP contribution in [0.5, 0.6) is 5.75 Å². The maximum Gasteiger partial charge on any atom is 0.256 e. The number of benzene rings is 1. The fourth-order valence-electron chi connectivity index (χ4n) is 3.66. The van der Waals surface area contributed by atoms with E-state index in [1.54, 1.807) is 30.5 Å². The third-order valence-electron chi connectivity index (χ3n) is 5.08. The van der Waals surface area contributed by atoms with Crippen molar-refractivity contribution in [2.24, 2.45) is 0 Å². The van der Waals surface area contributed by atoms with Crippen LogP contribution in [-0.4, -0.2) is 52.2 Å². The van der Waals surface area contributed by atoms with Crippen molar-refractivity contribution in [1.29, 1.82) is 0 Å². The number of phenolic OH excluding ortho intramolecular Hbond substituents is 1. The number of hydrogen-bond donors (Lipinski definition) is 3. The molecule has 0 saturated carbocycles. The molecule has 136 valence electrons. The zero-order valence-corrected chi connectivity index (χ0v) is 14.3. The van der Waals surface area contributed by atoms with E-state index in [1.165, 1.54) is 0 Å². The maximum atomic E-state index is 12.4. The Labute approximate surface area is 150 Å². The van der Waals surface area contributed by atoms with Crippen LogP contribution in [0.4, 0.5) is 10.1 Å². The van der Waals surface area contributed by atoms with Crippen LogP contribution < -0.4 is 5.32 Å². The first-order chi connectivity index (χ1) is 12.6. The summed E-state index contributed by atoms with van der Waals surface area (Å²) in [6, 6.07) is 4.82. The monoisotopic (exact) mass is 356 g/mol. The number of hydrogen-bond acceptors (Lipinski definition) is 4. The molecule has 2 aliphatic rings. The van der Waals surface area contributed by atoms with Crippen molar-refractivity contribution in [2.45, 2.75) is 18.8 Å². The molecule has 7 heteroatoms. The van der Waals surface area contributed by atoms with Gasteiger partial charge in [-0.3, -0.25) is 4.79 Å². The molecule has 6 nitrogen and oxygen atoms in total. The number of fused-ring (bicyclic) bond motifs is 1. The quantitative estimate of drug-likeness (QED) is 0.581. The number of anilines is 1. The molecule has 0 aliphatic carbocycles. The summed E-state index contributed by atoms with van der Waals surface area (Å²) in [5.41, 5.74) is 2.64. The lowest BCUT2D eigenvalue weighted by Gasteiger charge is -2.30. The molecule has 0 radical (unpaired) electrons. The Morgan fingerprint density at radius 1 is 1.35 bits per heavy atom. The van der Waals surface area contributed by atoms with Crippen molar-refractivity contribution in [3.05, 3.63) is 41.5 Å². The smallest absolute Gasteiger partial charge is 0.256 e. The largest absolute Gasteiger partial charge is 0.508 e. The molecule has 1 fully saturated rings. The van der Waals surface area contributed by atoms with Gasteiger partial charge >= 0.3 is 0 Å². The van der Waals surface area contributed by atoms with E-state index < -0.39 is 0 Å². The van der Waals surface area contributed by atoms with Crippen LogP contribution in [-0.2, 0) is 4.79 Å². The van der Waals surface area contributed by atoms with E-state index in [9.17, 15) is 14.3 Å². The Hall–Kier alpha value is -2.67. The lowest BCUT2D eigenvalue weighted by atomic mass is 9.96. The van der Waals surface area contributed by atoms with Gasteiger partial charge in [0.25, 0.3) is 5.91 Å². The Balaban J connectivity index is 1.52. The lowest BCUT2D eigenvalue weighted by molar-refractivity contribution is -0.110. The summed E-state index contributed by atoms with van der Waals surface area (Å²) in [7, 11) is 0. The minimum Gasteiger partial charge on any atom is -0.508 e. The van der Waals surface area contributed by atoms with Crippen LogP contribution >= 0.6 is 0 Å². The summed E-state index contributed by atoms with van der Waals surface area (Å²) in [6.07, 6.45) is 5.38. The summed E-state index contributed by atoms with van der Waals surface area (Å²) in [6.45, 7) is 1.95. The van der Waals surface area contributed by atoms with Gasteiger partial charge in [-0.1, -0.05) is 0 Å². The molecule has 1 aromatic heterocycles. The van der Waals surface area contributed by atoms with Crippen LogP contribution in [0, 0.1) is 0 Å².